The van der Waals surface area contributed by atoms with Gasteiger partial charge in [-0.2, -0.15) is 4.98 Å². The molecule has 1 saturated heterocycles. The fourth-order valence-electron chi connectivity index (χ4n) is 3.59. The summed E-state index contributed by atoms with van der Waals surface area (Å²) in [5.74, 6) is 1.70. The highest BCUT2D eigenvalue weighted by molar-refractivity contribution is 7.10. The van der Waals surface area contributed by atoms with Gasteiger partial charge in [0.1, 0.15) is 0 Å². The largest absolute Gasteiger partial charge is 0.339 e. The van der Waals surface area contributed by atoms with Crippen LogP contribution in [-0.2, 0) is 11.2 Å². The first-order valence-corrected chi connectivity index (χ1v) is 10.5. The molecule has 1 aliphatic heterocycles. The van der Waals surface area contributed by atoms with Gasteiger partial charge in [0.25, 0.3) is 0 Å². The molecule has 1 atom stereocenters. The minimum atomic E-state index is 0.0734. The number of amides is 1. The quantitative estimate of drug-likeness (QED) is 0.595. The Labute approximate surface area is 168 Å². The zero-order valence-corrected chi connectivity index (χ0v) is 16.7. The number of hydrogen-bond donors (Lipinski definition) is 0. The molecule has 0 radical (unpaired) electrons. The van der Waals surface area contributed by atoms with E-state index in [1.54, 1.807) is 17.4 Å². The molecule has 0 aliphatic carbocycles. The average Bonchev–Trinajstić information content (AvgIpc) is 3.39. The number of rotatable bonds is 5. The Bertz CT molecular complexity index is 962. The normalized spacial score (nSPS) is 17.3. The minimum absolute atomic E-state index is 0.0734. The maximum atomic E-state index is 12.5. The molecule has 1 aromatic carbocycles. The number of thiophene rings is 1. The van der Waals surface area contributed by atoms with Gasteiger partial charge in [-0.15, -0.1) is 11.3 Å². The number of likely N-dealkylation sites (tertiary alicyclic amines) is 1. The van der Waals surface area contributed by atoms with Gasteiger partial charge < -0.3 is 9.42 Å². The SMILES string of the molecule is Cc1ccccc1-c1noc(CC2CCCN(C(=O)/C=C/c3cccs3)C2)n1. The van der Waals surface area contributed by atoms with Crippen molar-refractivity contribution in [1.29, 1.82) is 0 Å². The van der Waals surface area contributed by atoms with Crippen molar-refractivity contribution >= 4 is 23.3 Å². The van der Waals surface area contributed by atoms with Crippen molar-refractivity contribution in [3.05, 3.63) is 64.2 Å². The molecule has 0 bridgehead atoms. The molecular weight excluding hydrogens is 370 g/mol. The van der Waals surface area contributed by atoms with Crippen LogP contribution in [0.1, 0.15) is 29.2 Å². The standard InChI is InChI=1S/C22H23N3O2S/c1-16-6-2-3-9-19(16)22-23-20(27-24-22)14-17-7-4-12-25(15-17)21(26)11-10-18-8-5-13-28-18/h2-3,5-6,8-11,13,17H,4,7,12,14-15H2,1H3/b11-10+. The fourth-order valence-corrected chi connectivity index (χ4v) is 4.21. The number of benzene rings is 1. The van der Waals surface area contributed by atoms with Gasteiger partial charge in [-0.25, -0.2) is 0 Å². The predicted octanol–water partition coefficient (Wildman–Crippen LogP) is 4.60. The Kier molecular flexibility index (Phi) is 5.67. The molecule has 6 heteroatoms. The fraction of sp³-hybridized carbons (Fsp3) is 0.318. The van der Waals surface area contributed by atoms with Gasteiger partial charge in [-0.05, 0) is 48.8 Å². The van der Waals surface area contributed by atoms with Crippen LogP contribution >= 0.6 is 11.3 Å². The summed E-state index contributed by atoms with van der Waals surface area (Å²) in [5, 5.41) is 6.16. The van der Waals surface area contributed by atoms with Crippen LogP contribution in [0.3, 0.4) is 0 Å². The highest BCUT2D eigenvalue weighted by Gasteiger charge is 2.24. The maximum absolute atomic E-state index is 12.5. The van der Waals surface area contributed by atoms with Crippen LogP contribution in [0.2, 0.25) is 0 Å². The van der Waals surface area contributed by atoms with E-state index in [2.05, 4.69) is 10.1 Å². The third-order valence-electron chi connectivity index (χ3n) is 5.08. The molecule has 1 aliphatic rings. The zero-order valence-electron chi connectivity index (χ0n) is 15.9. The lowest BCUT2D eigenvalue weighted by Gasteiger charge is -2.31. The average molecular weight is 394 g/mol. The first-order valence-electron chi connectivity index (χ1n) is 9.58. The summed E-state index contributed by atoms with van der Waals surface area (Å²) in [6, 6.07) is 12.0. The van der Waals surface area contributed by atoms with Gasteiger partial charge in [0.15, 0.2) is 0 Å². The van der Waals surface area contributed by atoms with E-state index in [1.165, 1.54) is 0 Å². The van der Waals surface area contributed by atoms with E-state index in [0.29, 0.717) is 24.1 Å². The third kappa shape index (κ3) is 4.39. The molecule has 0 N–H and O–H groups in total. The summed E-state index contributed by atoms with van der Waals surface area (Å²) in [4.78, 5) is 20.1. The second kappa shape index (κ2) is 8.52. The van der Waals surface area contributed by atoms with E-state index in [4.69, 9.17) is 4.52 Å². The molecule has 4 rings (SSSR count). The van der Waals surface area contributed by atoms with Crippen LogP contribution in [0.25, 0.3) is 17.5 Å². The van der Waals surface area contributed by atoms with Crippen LogP contribution in [0.5, 0.6) is 0 Å². The lowest BCUT2D eigenvalue weighted by atomic mass is 9.94. The van der Waals surface area contributed by atoms with Gasteiger partial charge >= 0.3 is 0 Å². The van der Waals surface area contributed by atoms with Crippen LogP contribution in [-0.4, -0.2) is 34.0 Å². The summed E-state index contributed by atoms with van der Waals surface area (Å²) in [6.45, 7) is 3.58. The van der Waals surface area contributed by atoms with E-state index in [0.717, 1.165) is 41.9 Å². The summed E-state index contributed by atoms with van der Waals surface area (Å²) in [6.07, 6.45) is 6.35. The summed E-state index contributed by atoms with van der Waals surface area (Å²) in [5.41, 5.74) is 2.12. The van der Waals surface area contributed by atoms with Crippen molar-refractivity contribution < 1.29 is 9.32 Å². The molecule has 3 aromatic rings. The van der Waals surface area contributed by atoms with E-state index >= 15 is 0 Å². The Morgan fingerprint density at radius 1 is 1.32 bits per heavy atom. The highest BCUT2D eigenvalue weighted by atomic mass is 32.1. The highest BCUT2D eigenvalue weighted by Crippen LogP contribution is 2.24. The number of carbonyl (C=O) groups is 1. The van der Waals surface area contributed by atoms with Gasteiger partial charge in [-0.3, -0.25) is 4.79 Å². The molecular formula is C22H23N3O2S. The molecule has 5 nitrogen and oxygen atoms in total. The van der Waals surface area contributed by atoms with Crippen molar-refractivity contribution in [2.45, 2.75) is 26.2 Å². The Morgan fingerprint density at radius 2 is 2.21 bits per heavy atom. The van der Waals surface area contributed by atoms with E-state index in [-0.39, 0.29) is 5.91 Å². The monoisotopic (exact) mass is 393 g/mol. The number of aromatic nitrogens is 2. The van der Waals surface area contributed by atoms with Crippen molar-refractivity contribution in [3.63, 3.8) is 0 Å². The molecule has 1 fully saturated rings. The van der Waals surface area contributed by atoms with Gasteiger partial charge in [0.05, 0.1) is 0 Å². The minimum Gasteiger partial charge on any atom is -0.339 e. The number of nitrogens with zero attached hydrogens (tertiary/aromatic N) is 3. The second-order valence-corrected chi connectivity index (χ2v) is 8.15. The number of carbonyl (C=O) groups excluding carboxylic acids is 1. The van der Waals surface area contributed by atoms with Crippen molar-refractivity contribution in [1.82, 2.24) is 15.0 Å². The first kappa shape index (κ1) is 18.6. The molecule has 1 unspecified atom stereocenters. The number of hydrogen-bond acceptors (Lipinski definition) is 5. The van der Waals surface area contributed by atoms with Gasteiger partial charge in [-0.1, -0.05) is 35.5 Å². The van der Waals surface area contributed by atoms with E-state index < -0.39 is 0 Å². The first-order chi connectivity index (χ1) is 13.7. The predicted molar refractivity (Wildman–Crippen MR) is 111 cm³/mol. The van der Waals surface area contributed by atoms with Crippen molar-refractivity contribution in [2.24, 2.45) is 5.92 Å². The van der Waals surface area contributed by atoms with Gasteiger partial charge in [0, 0.05) is 36.0 Å². The van der Waals surface area contributed by atoms with E-state index in [9.17, 15) is 4.79 Å². The Balaban J connectivity index is 1.38. The lowest BCUT2D eigenvalue weighted by molar-refractivity contribution is -0.127. The van der Waals surface area contributed by atoms with Crippen molar-refractivity contribution in [3.8, 4) is 11.4 Å². The summed E-state index contributed by atoms with van der Waals surface area (Å²) < 4.78 is 5.49. The molecule has 3 heterocycles. The molecule has 0 saturated carbocycles. The second-order valence-electron chi connectivity index (χ2n) is 7.17. The van der Waals surface area contributed by atoms with E-state index in [1.807, 2.05) is 59.7 Å². The van der Waals surface area contributed by atoms with Gasteiger partial charge in [0.2, 0.25) is 17.6 Å². The summed E-state index contributed by atoms with van der Waals surface area (Å²) >= 11 is 1.63. The number of aryl methyl sites for hydroxylation is 1. The van der Waals surface area contributed by atoms with Crippen LogP contribution in [0.4, 0.5) is 0 Å². The molecule has 144 valence electrons. The lowest BCUT2D eigenvalue weighted by Crippen LogP contribution is -2.39. The molecule has 0 spiro atoms. The maximum Gasteiger partial charge on any atom is 0.246 e. The molecule has 1 amide bonds. The topological polar surface area (TPSA) is 59.2 Å². The van der Waals surface area contributed by atoms with Crippen LogP contribution < -0.4 is 0 Å². The molecule has 28 heavy (non-hydrogen) atoms. The third-order valence-corrected chi connectivity index (χ3v) is 5.92. The summed E-state index contributed by atoms with van der Waals surface area (Å²) in [7, 11) is 0. The van der Waals surface area contributed by atoms with Crippen LogP contribution in [0, 0.1) is 12.8 Å². The van der Waals surface area contributed by atoms with Crippen molar-refractivity contribution in [2.75, 3.05) is 13.1 Å². The number of piperidine rings is 1. The Hall–Kier alpha value is -2.73. The Morgan fingerprint density at radius 3 is 3.04 bits per heavy atom. The zero-order chi connectivity index (χ0) is 19.3. The smallest absolute Gasteiger partial charge is 0.246 e. The van der Waals surface area contributed by atoms with Crippen LogP contribution in [0.15, 0.2) is 52.4 Å². The molecule has 2 aromatic heterocycles.